The van der Waals surface area contributed by atoms with Gasteiger partial charge >= 0.3 is 0 Å². The lowest BCUT2D eigenvalue weighted by Crippen LogP contribution is -2.12. The highest BCUT2D eigenvalue weighted by Crippen LogP contribution is 2.31. The van der Waals surface area contributed by atoms with Gasteiger partial charge in [0.15, 0.2) is 0 Å². The van der Waals surface area contributed by atoms with Crippen LogP contribution < -0.4 is 5.73 Å². The Kier molecular flexibility index (Phi) is 3.50. The number of aryl methyl sites for hydroxylation is 1. The Morgan fingerprint density at radius 1 is 1.33 bits per heavy atom. The Labute approximate surface area is 114 Å². The van der Waals surface area contributed by atoms with E-state index in [1.807, 2.05) is 13.8 Å². The van der Waals surface area contributed by atoms with Gasteiger partial charge in [0.2, 0.25) is 0 Å². The highest BCUT2D eigenvalue weighted by molar-refractivity contribution is 6.35. The normalized spacial score (nSPS) is 12.7. The fraction of sp³-hybridized carbons (Fsp3) is 0.250. The van der Waals surface area contributed by atoms with E-state index in [0.29, 0.717) is 16.4 Å². The molecule has 0 saturated heterocycles. The molecule has 1 aromatic carbocycles. The van der Waals surface area contributed by atoms with E-state index < -0.39 is 5.82 Å². The molecule has 2 aromatic rings. The van der Waals surface area contributed by atoms with Crippen molar-refractivity contribution < 1.29 is 4.39 Å². The molecule has 2 rings (SSSR count). The van der Waals surface area contributed by atoms with Gasteiger partial charge in [0.05, 0.1) is 17.3 Å². The third-order valence-electron chi connectivity index (χ3n) is 2.88. The molecule has 0 amide bonds. The van der Waals surface area contributed by atoms with E-state index >= 15 is 0 Å². The van der Waals surface area contributed by atoms with Gasteiger partial charge in [-0.15, -0.1) is 0 Å². The molecule has 1 aromatic heterocycles. The lowest BCUT2D eigenvalue weighted by atomic mass is 10.1. The maximum atomic E-state index is 13.5. The van der Waals surface area contributed by atoms with Crippen LogP contribution >= 0.6 is 23.2 Å². The van der Waals surface area contributed by atoms with E-state index in [0.717, 1.165) is 5.56 Å². The molecule has 0 radical (unpaired) electrons. The molecule has 0 spiro atoms. The third-order valence-corrected chi connectivity index (χ3v) is 3.50. The van der Waals surface area contributed by atoms with Crippen molar-refractivity contribution in [3.05, 3.63) is 45.3 Å². The predicted molar refractivity (Wildman–Crippen MR) is 71.6 cm³/mol. The van der Waals surface area contributed by atoms with Crippen LogP contribution in [-0.2, 0) is 0 Å². The molecule has 0 fully saturated rings. The van der Waals surface area contributed by atoms with Crippen LogP contribution in [0.2, 0.25) is 10.0 Å². The Balaban J connectivity index is 2.49. The molecule has 96 valence electrons. The summed E-state index contributed by atoms with van der Waals surface area (Å²) in [7, 11) is 0. The predicted octanol–water partition coefficient (Wildman–Crippen LogP) is 3.83. The first-order valence-corrected chi connectivity index (χ1v) is 6.11. The highest BCUT2D eigenvalue weighted by Gasteiger charge is 2.17. The van der Waals surface area contributed by atoms with Crippen LogP contribution in [0.4, 0.5) is 10.2 Å². The molecular weight excluding hydrogens is 276 g/mol. The second-order valence-corrected chi connectivity index (χ2v) is 4.94. The van der Waals surface area contributed by atoms with Gasteiger partial charge in [0.1, 0.15) is 11.6 Å². The van der Waals surface area contributed by atoms with Crippen LogP contribution in [0.1, 0.15) is 24.1 Å². The SMILES string of the molecule is Cc1cnn(C(C)c2cc(F)c(Cl)cc2Cl)c1N. The van der Waals surface area contributed by atoms with Gasteiger partial charge in [-0.3, -0.25) is 0 Å². The van der Waals surface area contributed by atoms with Gasteiger partial charge in [-0.25, -0.2) is 9.07 Å². The number of nitrogen functional groups attached to an aromatic ring is 1. The van der Waals surface area contributed by atoms with Crippen LogP contribution in [0.5, 0.6) is 0 Å². The summed E-state index contributed by atoms with van der Waals surface area (Å²) in [6.07, 6.45) is 1.66. The molecule has 1 atom stereocenters. The second kappa shape index (κ2) is 4.78. The van der Waals surface area contributed by atoms with Gasteiger partial charge < -0.3 is 5.73 Å². The van der Waals surface area contributed by atoms with Crippen LogP contribution in [-0.4, -0.2) is 9.78 Å². The van der Waals surface area contributed by atoms with E-state index in [1.54, 1.807) is 10.9 Å². The molecular formula is C12H12Cl2FN3. The van der Waals surface area contributed by atoms with E-state index in [4.69, 9.17) is 28.9 Å². The number of rotatable bonds is 2. The molecule has 6 heteroatoms. The number of aromatic nitrogens is 2. The largest absolute Gasteiger partial charge is 0.384 e. The van der Waals surface area contributed by atoms with Crippen LogP contribution in [0, 0.1) is 12.7 Å². The van der Waals surface area contributed by atoms with Gasteiger partial charge in [0, 0.05) is 10.6 Å². The number of nitrogens with zero attached hydrogens (tertiary/aromatic N) is 2. The summed E-state index contributed by atoms with van der Waals surface area (Å²) < 4.78 is 15.1. The van der Waals surface area contributed by atoms with Crippen molar-refractivity contribution in [2.24, 2.45) is 0 Å². The number of hydrogen-bond acceptors (Lipinski definition) is 2. The summed E-state index contributed by atoms with van der Waals surface area (Å²) in [4.78, 5) is 0. The summed E-state index contributed by atoms with van der Waals surface area (Å²) >= 11 is 11.7. The van der Waals surface area contributed by atoms with E-state index in [9.17, 15) is 4.39 Å². The zero-order valence-corrected chi connectivity index (χ0v) is 11.4. The Hall–Kier alpha value is -1.26. The number of halogens is 3. The average Bonchev–Trinajstić information content (AvgIpc) is 2.64. The van der Waals surface area contributed by atoms with Crippen molar-refractivity contribution >= 4 is 29.0 Å². The van der Waals surface area contributed by atoms with Gasteiger partial charge in [0.25, 0.3) is 0 Å². The fourth-order valence-electron chi connectivity index (χ4n) is 1.76. The standard InChI is InChI=1S/C12H12Cl2FN3/c1-6-5-17-18(12(6)16)7(2)8-3-11(15)10(14)4-9(8)13/h3-5,7H,16H2,1-2H3. The number of hydrogen-bond donors (Lipinski definition) is 1. The summed E-state index contributed by atoms with van der Waals surface area (Å²) in [5, 5.41) is 4.55. The maximum Gasteiger partial charge on any atom is 0.142 e. The summed E-state index contributed by atoms with van der Waals surface area (Å²) in [5.74, 6) is 0.0271. The highest BCUT2D eigenvalue weighted by atomic mass is 35.5. The summed E-state index contributed by atoms with van der Waals surface area (Å²) in [6.45, 7) is 3.70. The minimum absolute atomic E-state index is 0.000526. The molecule has 2 N–H and O–H groups in total. The minimum Gasteiger partial charge on any atom is -0.384 e. The first-order chi connectivity index (χ1) is 8.41. The molecule has 1 heterocycles. The monoisotopic (exact) mass is 287 g/mol. The third kappa shape index (κ3) is 2.18. The van der Waals surface area contributed by atoms with Crippen LogP contribution in [0.3, 0.4) is 0 Å². The molecule has 3 nitrogen and oxygen atoms in total. The number of anilines is 1. The van der Waals surface area contributed by atoms with E-state index in [1.165, 1.54) is 12.1 Å². The van der Waals surface area contributed by atoms with Crippen molar-refractivity contribution in [1.82, 2.24) is 9.78 Å². The Morgan fingerprint density at radius 2 is 2.00 bits per heavy atom. The minimum atomic E-state index is -0.509. The lowest BCUT2D eigenvalue weighted by molar-refractivity contribution is 0.563. The zero-order chi connectivity index (χ0) is 13.4. The van der Waals surface area contributed by atoms with Gasteiger partial charge in [-0.05, 0) is 31.5 Å². The topological polar surface area (TPSA) is 43.8 Å². The van der Waals surface area contributed by atoms with Crippen LogP contribution in [0.25, 0.3) is 0 Å². The van der Waals surface area contributed by atoms with Crippen molar-refractivity contribution in [3.63, 3.8) is 0 Å². The quantitative estimate of drug-likeness (QED) is 0.853. The number of benzene rings is 1. The molecule has 0 saturated carbocycles. The first-order valence-electron chi connectivity index (χ1n) is 5.36. The average molecular weight is 288 g/mol. The van der Waals surface area contributed by atoms with Crippen molar-refractivity contribution in [1.29, 1.82) is 0 Å². The fourth-order valence-corrected chi connectivity index (χ4v) is 2.30. The number of nitrogens with two attached hydrogens (primary N) is 1. The van der Waals surface area contributed by atoms with Gasteiger partial charge in [-0.2, -0.15) is 5.10 Å². The second-order valence-electron chi connectivity index (χ2n) is 4.12. The maximum absolute atomic E-state index is 13.5. The summed E-state index contributed by atoms with van der Waals surface area (Å²) in [6, 6.07) is 2.43. The molecule has 0 bridgehead atoms. The van der Waals surface area contributed by atoms with E-state index in [2.05, 4.69) is 5.10 Å². The van der Waals surface area contributed by atoms with Crippen LogP contribution in [0.15, 0.2) is 18.3 Å². The molecule has 0 aliphatic rings. The first kappa shape index (κ1) is 13.2. The molecule has 0 aliphatic carbocycles. The smallest absolute Gasteiger partial charge is 0.142 e. The van der Waals surface area contributed by atoms with Crippen molar-refractivity contribution in [2.45, 2.75) is 19.9 Å². The Bertz CT molecular complexity index is 595. The van der Waals surface area contributed by atoms with Crippen molar-refractivity contribution in [2.75, 3.05) is 5.73 Å². The van der Waals surface area contributed by atoms with E-state index in [-0.39, 0.29) is 11.1 Å². The molecule has 18 heavy (non-hydrogen) atoms. The lowest BCUT2D eigenvalue weighted by Gasteiger charge is -2.16. The van der Waals surface area contributed by atoms with Gasteiger partial charge in [-0.1, -0.05) is 23.2 Å². The zero-order valence-electron chi connectivity index (χ0n) is 9.92. The Morgan fingerprint density at radius 3 is 2.56 bits per heavy atom. The summed E-state index contributed by atoms with van der Waals surface area (Å²) in [5.41, 5.74) is 7.36. The molecule has 1 unspecified atom stereocenters. The van der Waals surface area contributed by atoms with Crippen molar-refractivity contribution in [3.8, 4) is 0 Å². The molecule has 0 aliphatic heterocycles.